The van der Waals surface area contributed by atoms with Crippen molar-refractivity contribution in [3.63, 3.8) is 0 Å². The molecule has 0 amide bonds. The van der Waals surface area contributed by atoms with Crippen molar-refractivity contribution in [1.82, 2.24) is 10.1 Å². The van der Waals surface area contributed by atoms with Crippen molar-refractivity contribution >= 4 is 23.0 Å². The van der Waals surface area contributed by atoms with Gasteiger partial charge >= 0.3 is 11.9 Å². The predicted molar refractivity (Wildman–Crippen MR) is 80.4 cm³/mol. The standard InChI is InChI=1S/C16H14N2O6/c1-8-6-11(13-9(2)18-24-14(13)17-8)15(19)22-7-10-4-5-12(23-10)16(20)21-3/h4-6H,7H2,1-3H3. The molecule has 0 radical (unpaired) electrons. The maximum atomic E-state index is 12.4. The van der Waals surface area contributed by atoms with Gasteiger partial charge in [-0.3, -0.25) is 0 Å². The normalized spacial score (nSPS) is 10.8. The second-order valence-corrected chi connectivity index (χ2v) is 5.09. The molecule has 124 valence electrons. The summed E-state index contributed by atoms with van der Waals surface area (Å²) in [5.74, 6) is -0.791. The molecule has 3 aromatic rings. The lowest BCUT2D eigenvalue weighted by Crippen LogP contribution is -2.07. The van der Waals surface area contributed by atoms with Gasteiger partial charge in [0.25, 0.3) is 5.71 Å². The summed E-state index contributed by atoms with van der Waals surface area (Å²) in [4.78, 5) is 27.9. The smallest absolute Gasteiger partial charge is 0.373 e. The number of nitrogens with zero attached hydrogens (tertiary/aromatic N) is 2. The van der Waals surface area contributed by atoms with E-state index in [9.17, 15) is 9.59 Å². The van der Waals surface area contributed by atoms with Crippen LogP contribution >= 0.6 is 0 Å². The number of hydrogen-bond acceptors (Lipinski definition) is 8. The largest absolute Gasteiger partial charge is 0.463 e. The number of aryl methyl sites for hydroxylation is 2. The Kier molecular flexibility index (Phi) is 4.03. The van der Waals surface area contributed by atoms with E-state index in [1.54, 1.807) is 19.9 Å². The lowest BCUT2D eigenvalue weighted by molar-refractivity contribution is 0.0440. The molecule has 8 nitrogen and oxygen atoms in total. The molecule has 0 saturated carbocycles. The second kappa shape index (κ2) is 6.15. The molecule has 0 aliphatic heterocycles. The van der Waals surface area contributed by atoms with E-state index in [1.165, 1.54) is 19.2 Å². The van der Waals surface area contributed by atoms with Gasteiger partial charge < -0.3 is 18.4 Å². The molecule has 3 heterocycles. The molecule has 0 fully saturated rings. The Bertz CT molecular complexity index is 924. The van der Waals surface area contributed by atoms with Crippen LogP contribution in [0.4, 0.5) is 0 Å². The van der Waals surface area contributed by atoms with Gasteiger partial charge in [0.05, 0.1) is 23.8 Å². The summed E-state index contributed by atoms with van der Waals surface area (Å²) in [5.41, 5.74) is 1.76. The molecule has 0 aromatic carbocycles. The quantitative estimate of drug-likeness (QED) is 0.672. The number of methoxy groups -OCH3 is 1. The molecule has 0 bridgehead atoms. The number of furan rings is 1. The Balaban J connectivity index is 1.79. The van der Waals surface area contributed by atoms with Crippen LogP contribution in [0.25, 0.3) is 11.1 Å². The first-order valence-electron chi connectivity index (χ1n) is 7.07. The topological polar surface area (TPSA) is 105 Å². The number of fused-ring (bicyclic) bond motifs is 1. The van der Waals surface area contributed by atoms with Crippen LogP contribution in [0.1, 0.15) is 38.1 Å². The van der Waals surface area contributed by atoms with Crippen LogP contribution in [-0.4, -0.2) is 29.2 Å². The fourth-order valence-electron chi connectivity index (χ4n) is 2.26. The SMILES string of the molecule is COC(=O)c1ccc(COC(=O)c2cc(C)nc3onc(C)c23)o1. The van der Waals surface area contributed by atoms with Gasteiger partial charge in [-0.05, 0) is 32.0 Å². The molecule has 0 N–H and O–H groups in total. The zero-order valence-electron chi connectivity index (χ0n) is 13.3. The van der Waals surface area contributed by atoms with Crippen LogP contribution in [0.3, 0.4) is 0 Å². The molecular weight excluding hydrogens is 316 g/mol. The van der Waals surface area contributed by atoms with Gasteiger partial charge in [-0.1, -0.05) is 5.16 Å². The predicted octanol–water partition coefficient (Wildman–Crippen LogP) is 2.58. The summed E-state index contributed by atoms with van der Waals surface area (Å²) >= 11 is 0. The van der Waals surface area contributed by atoms with Gasteiger partial charge in [-0.15, -0.1) is 0 Å². The van der Waals surface area contributed by atoms with Crippen molar-refractivity contribution in [2.75, 3.05) is 7.11 Å². The first-order chi connectivity index (χ1) is 11.5. The highest BCUT2D eigenvalue weighted by Gasteiger charge is 2.20. The minimum atomic E-state index is -0.598. The van der Waals surface area contributed by atoms with Crippen molar-refractivity contribution in [1.29, 1.82) is 0 Å². The number of hydrogen-bond donors (Lipinski definition) is 0. The highest BCUT2D eigenvalue weighted by Crippen LogP contribution is 2.23. The third-order valence-corrected chi connectivity index (χ3v) is 3.36. The number of aromatic nitrogens is 2. The number of esters is 2. The van der Waals surface area contributed by atoms with E-state index in [2.05, 4.69) is 14.9 Å². The number of pyridine rings is 1. The highest BCUT2D eigenvalue weighted by molar-refractivity contribution is 6.03. The van der Waals surface area contributed by atoms with Gasteiger partial charge in [0.2, 0.25) is 5.76 Å². The third kappa shape index (κ3) is 2.85. The van der Waals surface area contributed by atoms with Crippen LogP contribution < -0.4 is 0 Å². The average molecular weight is 330 g/mol. The minimum Gasteiger partial charge on any atom is -0.463 e. The Labute approximate surface area is 136 Å². The van der Waals surface area contributed by atoms with Crippen LogP contribution in [0.2, 0.25) is 0 Å². The molecule has 0 unspecified atom stereocenters. The Morgan fingerprint density at radius 1 is 1.21 bits per heavy atom. The summed E-state index contributed by atoms with van der Waals surface area (Å²) in [5, 5.41) is 4.33. The van der Waals surface area contributed by atoms with Crippen molar-refractivity contribution in [2.24, 2.45) is 0 Å². The molecule has 8 heteroatoms. The fraction of sp³-hybridized carbons (Fsp3) is 0.250. The molecular formula is C16H14N2O6. The summed E-state index contributed by atoms with van der Waals surface area (Å²) in [6.45, 7) is 3.33. The molecule has 3 aromatic heterocycles. The molecule has 0 aliphatic rings. The average Bonchev–Trinajstić information content (AvgIpc) is 3.18. The molecule has 0 aliphatic carbocycles. The number of ether oxygens (including phenoxy) is 2. The maximum absolute atomic E-state index is 12.4. The van der Waals surface area contributed by atoms with E-state index < -0.39 is 11.9 Å². The van der Waals surface area contributed by atoms with Crippen molar-refractivity contribution < 1.29 is 28.0 Å². The maximum Gasteiger partial charge on any atom is 0.373 e. The first kappa shape index (κ1) is 15.7. The fourth-order valence-corrected chi connectivity index (χ4v) is 2.26. The highest BCUT2D eigenvalue weighted by atomic mass is 16.6. The van der Waals surface area contributed by atoms with Crippen LogP contribution in [0.15, 0.2) is 27.1 Å². The van der Waals surface area contributed by atoms with Gasteiger partial charge in [0.1, 0.15) is 12.4 Å². The van der Waals surface area contributed by atoms with E-state index >= 15 is 0 Å². The van der Waals surface area contributed by atoms with Gasteiger partial charge in [0, 0.05) is 5.69 Å². The van der Waals surface area contributed by atoms with E-state index in [-0.39, 0.29) is 18.1 Å². The molecule has 0 atom stereocenters. The monoisotopic (exact) mass is 330 g/mol. The van der Waals surface area contributed by atoms with Crippen LogP contribution in [-0.2, 0) is 16.1 Å². The number of carbonyl (C=O) groups excluding carboxylic acids is 2. The zero-order valence-corrected chi connectivity index (χ0v) is 13.3. The zero-order chi connectivity index (χ0) is 17.3. The van der Waals surface area contributed by atoms with Gasteiger partial charge in [-0.25, -0.2) is 14.6 Å². The Morgan fingerprint density at radius 3 is 2.75 bits per heavy atom. The third-order valence-electron chi connectivity index (χ3n) is 3.36. The Morgan fingerprint density at radius 2 is 2.00 bits per heavy atom. The number of carbonyl (C=O) groups is 2. The molecule has 0 saturated heterocycles. The second-order valence-electron chi connectivity index (χ2n) is 5.09. The van der Waals surface area contributed by atoms with E-state index in [0.717, 1.165) is 0 Å². The van der Waals surface area contributed by atoms with E-state index in [0.29, 0.717) is 28.1 Å². The Hall–Kier alpha value is -3.16. The van der Waals surface area contributed by atoms with Crippen LogP contribution in [0.5, 0.6) is 0 Å². The molecule has 3 rings (SSSR count). The van der Waals surface area contributed by atoms with Crippen molar-refractivity contribution in [3.8, 4) is 0 Å². The van der Waals surface area contributed by atoms with Crippen molar-refractivity contribution in [3.05, 3.63) is 46.7 Å². The lowest BCUT2D eigenvalue weighted by Gasteiger charge is -2.05. The van der Waals surface area contributed by atoms with Gasteiger partial charge in [0.15, 0.2) is 0 Å². The van der Waals surface area contributed by atoms with E-state index in [1.807, 2.05) is 0 Å². The molecule has 24 heavy (non-hydrogen) atoms. The summed E-state index contributed by atoms with van der Waals surface area (Å²) in [7, 11) is 1.25. The lowest BCUT2D eigenvalue weighted by atomic mass is 10.1. The summed E-state index contributed by atoms with van der Waals surface area (Å²) in [6.07, 6.45) is 0. The van der Waals surface area contributed by atoms with Crippen LogP contribution in [0, 0.1) is 13.8 Å². The molecule has 0 spiro atoms. The summed E-state index contributed by atoms with van der Waals surface area (Å²) < 4.78 is 20.1. The first-order valence-corrected chi connectivity index (χ1v) is 7.07. The number of rotatable bonds is 4. The van der Waals surface area contributed by atoms with Crippen molar-refractivity contribution in [2.45, 2.75) is 20.5 Å². The summed E-state index contributed by atoms with van der Waals surface area (Å²) in [6, 6.07) is 4.60. The van der Waals surface area contributed by atoms with Gasteiger partial charge in [-0.2, -0.15) is 0 Å². The van der Waals surface area contributed by atoms with E-state index in [4.69, 9.17) is 13.7 Å². The minimum absolute atomic E-state index is 0.0422.